The van der Waals surface area contributed by atoms with Gasteiger partial charge in [0, 0.05) is 12.1 Å². The number of hydrogen-bond donors (Lipinski definition) is 2. The third-order valence-electron chi connectivity index (χ3n) is 2.98. The van der Waals surface area contributed by atoms with Crippen LogP contribution in [0.4, 0.5) is 0 Å². The first kappa shape index (κ1) is 13.4. The monoisotopic (exact) mass is 259 g/mol. The van der Waals surface area contributed by atoms with Gasteiger partial charge >= 0.3 is 5.97 Å². The van der Waals surface area contributed by atoms with Crippen molar-refractivity contribution >= 4 is 5.97 Å². The molecule has 1 aromatic heterocycles. The molecule has 0 aliphatic carbocycles. The lowest BCUT2D eigenvalue weighted by molar-refractivity contribution is 0.0661. The zero-order valence-electron chi connectivity index (χ0n) is 10.8. The van der Waals surface area contributed by atoms with E-state index in [1.165, 1.54) is 5.56 Å². The predicted molar refractivity (Wildman–Crippen MR) is 72.3 cm³/mol. The van der Waals surface area contributed by atoms with E-state index in [2.05, 4.69) is 17.4 Å². The summed E-state index contributed by atoms with van der Waals surface area (Å²) in [5, 5.41) is 12.1. The number of nitrogens with one attached hydrogen (secondary N) is 1. The molecule has 2 rings (SSSR count). The van der Waals surface area contributed by atoms with Gasteiger partial charge in [0.2, 0.25) is 5.76 Å². The smallest absolute Gasteiger partial charge is 0.371 e. The number of carboxylic acid groups (broad SMARTS) is 1. The molecule has 0 unspecified atom stereocenters. The maximum absolute atomic E-state index is 10.8. The lowest BCUT2D eigenvalue weighted by Gasteiger charge is -2.03. The summed E-state index contributed by atoms with van der Waals surface area (Å²) in [6.07, 6.45) is 0.948. The summed E-state index contributed by atoms with van der Waals surface area (Å²) in [5.41, 5.74) is 2.18. The minimum atomic E-state index is -1.03. The quantitative estimate of drug-likeness (QED) is 0.783. The number of rotatable bonds is 6. The molecule has 2 N–H and O–H groups in total. The molecule has 0 fully saturated rings. The lowest BCUT2D eigenvalue weighted by atomic mass is 10.1. The zero-order valence-corrected chi connectivity index (χ0v) is 10.8. The average Bonchev–Trinajstić information content (AvgIpc) is 2.78. The van der Waals surface area contributed by atoms with Gasteiger partial charge in [0.05, 0.1) is 0 Å². The Balaban J connectivity index is 1.81. The van der Waals surface area contributed by atoms with Crippen LogP contribution in [0.3, 0.4) is 0 Å². The fourth-order valence-corrected chi connectivity index (χ4v) is 1.90. The van der Waals surface area contributed by atoms with E-state index in [9.17, 15) is 4.79 Å². The zero-order chi connectivity index (χ0) is 13.7. The normalized spacial score (nSPS) is 10.6. The summed E-state index contributed by atoms with van der Waals surface area (Å²) in [6.45, 7) is 3.24. The second-order valence-corrected chi connectivity index (χ2v) is 4.41. The minimum absolute atomic E-state index is 0.00245. The second-order valence-electron chi connectivity index (χ2n) is 4.41. The predicted octanol–water partition coefficient (Wildman–Crippen LogP) is 2.62. The molecule has 0 bridgehead atoms. The van der Waals surface area contributed by atoms with E-state index in [0.717, 1.165) is 18.5 Å². The molecule has 1 heterocycles. The van der Waals surface area contributed by atoms with Crippen LogP contribution in [0.5, 0.6) is 0 Å². The van der Waals surface area contributed by atoms with Crippen LogP contribution < -0.4 is 5.32 Å². The molecule has 4 heteroatoms. The van der Waals surface area contributed by atoms with Gasteiger partial charge in [-0.3, -0.25) is 0 Å². The molecule has 0 saturated heterocycles. The van der Waals surface area contributed by atoms with Gasteiger partial charge in [-0.25, -0.2) is 4.79 Å². The first-order valence-electron chi connectivity index (χ1n) is 6.24. The van der Waals surface area contributed by atoms with Gasteiger partial charge in [0.25, 0.3) is 0 Å². The van der Waals surface area contributed by atoms with E-state index in [0.29, 0.717) is 12.3 Å². The number of benzene rings is 1. The van der Waals surface area contributed by atoms with Gasteiger partial charge in [-0.15, -0.1) is 0 Å². The Kier molecular flexibility index (Phi) is 4.36. The number of aryl methyl sites for hydroxylation is 1. The van der Waals surface area contributed by atoms with Crippen molar-refractivity contribution in [2.24, 2.45) is 0 Å². The Hall–Kier alpha value is -2.07. The molecule has 0 aliphatic heterocycles. The number of furan rings is 1. The first-order valence-corrected chi connectivity index (χ1v) is 6.24. The Labute approximate surface area is 112 Å². The van der Waals surface area contributed by atoms with Crippen molar-refractivity contribution in [1.82, 2.24) is 5.32 Å². The van der Waals surface area contributed by atoms with E-state index in [4.69, 9.17) is 9.52 Å². The highest BCUT2D eigenvalue weighted by Gasteiger charge is 2.12. The summed E-state index contributed by atoms with van der Waals surface area (Å²) in [4.78, 5) is 10.8. The van der Waals surface area contributed by atoms with Gasteiger partial charge in [-0.2, -0.15) is 0 Å². The van der Waals surface area contributed by atoms with Crippen LogP contribution in [0.25, 0.3) is 0 Å². The van der Waals surface area contributed by atoms with Gasteiger partial charge < -0.3 is 14.8 Å². The molecule has 100 valence electrons. The topological polar surface area (TPSA) is 62.5 Å². The Morgan fingerprint density at radius 1 is 1.32 bits per heavy atom. The SMILES string of the molecule is Cc1oc(C(=O)O)cc1CNCCc1ccccc1. The standard InChI is InChI=1S/C15H17NO3/c1-11-13(9-14(19-11)15(17)18)10-16-8-7-12-5-3-2-4-6-12/h2-6,9,16H,7-8,10H2,1H3,(H,17,18). The van der Waals surface area contributed by atoms with Crippen LogP contribution in [0, 0.1) is 6.92 Å². The van der Waals surface area contributed by atoms with Crippen LogP contribution in [0.2, 0.25) is 0 Å². The van der Waals surface area contributed by atoms with Crippen molar-refractivity contribution in [1.29, 1.82) is 0 Å². The van der Waals surface area contributed by atoms with E-state index < -0.39 is 5.97 Å². The molecular weight excluding hydrogens is 242 g/mol. The molecule has 0 atom stereocenters. The van der Waals surface area contributed by atoms with Crippen LogP contribution in [-0.4, -0.2) is 17.6 Å². The van der Waals surface area contributed by atoms with Crippen molar-refractivity contribution in [3.05, 3.63) is 59.0 Å². The highest BCUT2D eigenvalue weighted by atomic mass is 16.4. The third-order valence-corrected chi connectivity index (χ3v) is 2.98. The Bertz CT molecular complexity index is 546. The summed E-state index contributed by atoms with van der Waals surface area (Å²) in [7, 11) is 0. The minimum Gasteiger partial charge on any atom is -0.475 e. The van der Waals surface area contributed by atoms with E-state index in [-0.39, 0.29) is 5.76 Å². The maximum atomic E-state index is 10.8. The van der Waals surface area contributed by atoms with Gasteiger partial charge in [0.1, 0.15) is 5.76 Å². The average molecular weight is 259 g/mol. The highest BCUT2D eigenvalue weighted by Crippen LogP contribution is 2.14. The summed E-state index contributed by atoms with van der Waals surface area (Å²) < 4.78 is 5.15. The second kappa shape index (κ2) is 6.20. The van der Waals surface area contributed by atoms with Crippen LogP contribution >= 0.6 is 0 Å². The molecule has 0 spiro atoms. The summed E-state index contributed by atoms with van der Waals surface area (Å²) >= 11 is 0. The largest absolute Gasteiger partial charge is 0.475 e. The number of hydrogen-bond acceptors (Lipinski definition) is 3. The first-order chi connectivity index (χ1) is 9.16. The lowest BCUT2D eigenvalue weighted by Crippen LogP contribution is -2.16. The van der Waals surface area contributed by atoms with Crippen molar-refractivity contribution < 1.29 is 14.3 Å². The Morgan fingerprint density at radius 2 is 2.05 bits per heavy atom. The van der Waals surface area contributed by atoms with Gasteiger partial charge in [-0.1, -0.05) is 30.3 Å². The number of carboxylic acids is 1. The molecule has 0 radical (unpaired) electrons. The van der Waals surface area contributed by atoms with Gasteiger partial charge in [-0.05, 0) is 31.5 Å². The van der Waals surface area contributed by atoms with E-state index >= 15 is 0 Å². The fourth-order valence-electron chi connectivity index (χ4n) is 1.90. The summed E-state index contributed by atoms with van der Waals surface area (Å²) in [6, 6.07) is 11.8. The molecule has 0 saturated carbocycles. The third kappa shape index (κ3) is 3.69. The van der Waals surface area contributed by atoms with Crippen molar-refractivity contribution in [3.63, 3.8) is 0 Å². The van der Waals surface area contributed by atoms with Crippen molar-refractivity contribution in [2.75, 3.05) is 6.54 Å². The number of aromatic carboxylic acids is 1. The fraction of sp³-hybridized carbons (Fsp3) is 0.267. The Morgan fingerprint density at radius 3 is 2.68 bits per heavy atom. The maximum Gasteiger partial charge on any atom is 0.371 e. The number of carbonyl (C=O) groups is 1. The van der Waals surface area contributed by atoms with Gasteiger partial charge in [0.15, 0.2) is 0 Å². The molecule has 19 heavy (non-hydrogen) atoms. The molecule has 1 aromatic carbocycles. The van der Waals surface area contributed by atoms with Crippen LogP contribution in [0.15, 0.2) is 40.8 Å². The molecule has 4 nitrogen and oxygen atoms in total. The molecule has 2 aromatic rings. The molecular formula is C15H17NO3. The highest BCUT2D eigenvalue weighted by molar-refractivity contribution is 5.84. The van der Waals surface area contributed by atoms with Crippen molar-refractivity contribution in [3.8, 4) is 0 Å². The summed E-state index contributed by atoms with van der Waals surface area (Å²) in [5.74, 6) is -0.374. The molecule has 0 amide bonds. The van der Waals surface area contributed by atoms with Crippen molar-refractivity contribution in [2.45, 2.75) is 19.9 Å². The van der Waals surface area contributed by atoms with E-state index in [1.807, 2.05) is 18.2 Å². The van der Waals surface area contributed by atoms with E-state index in [1.54, 1.807) is 13.0 Å². The molecule has 0 aliphatic rings. The van der Waals surface area contributed by atoms with Crippen LogP contribution in [0.1, 0.15) is 27.4 Å². The van der Waals surface area contributed by atoms with Crippen LogP contribution in [-0.2, 0) is 13.0 Å².